The molecule has 0 spiro atoms. The van der Waals surface area contributed by atoms with Gasteiger partial charge in [0.25, 0.3) is 0 Å². The predicted octanol–water partition coefficient (Wildman–Crippen LogP) is 3.57. The van der Waals surface area contributed by atoms with Crippen molar-refractivity contribution in [1.29, 1.82) is 0 Å². The third-order valence-electron chi connectivity index (χ3n) is 2.91. The van der Waals surface area contributed by atoms with Gasteiger partial charge < -0.3 is 9.84 Å². The van der Waals surface area contributed by atoms with Crippen LogP contribution < -0.4 is 9.61 Å². The fraction of sp³-hybridized carbons (Fsp3) is 0.0667. The summed E-state index contributed by atoms with van der Waals surface area (Å²) in [6, 6.07) is 10.7. The SMILES string of the molecule is O=c1[nH]c(O)c(Cc2ccc(Oc3ccc(Cl)cn3)cc2)s1. The Labute approximate surface area is 134 Å². The maximum absolute atomic E-state index is 11.1. The maximum Gasteiger partial charge on any atom is 0.307 e. The van der Waals surface area contributed by atoms with Crippen LogP contribution in [0.25, 0.3) is 0 Å². The number of thiazole rings is 1. The molecule has 0 fully saturated rings. The fourth-order valence-corrected chi connectivity index (χ4v) is 2.75. The van der Waals surface area contributed by atoms with Gasteiger partial charge in [0.15, 0.2) is 0 Å². The Morgan fingerprint density at radius 3 is 2.59 bits per heavy atom. The third kappa shape index (κ3) is 3.47. The summed E-state index contributed by atoms with van der Waals surface area (Å²) in [4.78, 5) is 17.9. The van der Waals surface area contributed by atoms with Crippen molar-refractivity contribution in [3.05, 3.63) is 67.7 Å². The highest BCUT2D eigenvalue weighted by Crippen LogP contribution is 2.24. The molecule has 0 amide bonds. The number of nitrogens with one attached hydrogen (secondary N) is 1. The number of hydrogen-bond acceptors (Lipinski definition) is 5. The van der Waals surface area contributed by atoms with Crippen molar-refractivity contribution in [2.45, 2.75) is 6.42 Å². The first-order valence-electron chi connectivity index (χ1n) is 6.39. The summed E-state index contributed by atoms with van der Waals surface area (Å²) in [6.45, 7) is 0. The lowest BCUT2D eigenvalue weighted by Gasteiger charge is -2.05. The molecule has 0 saturated heterocycles. The normalized spacial score (nSPS) is 10.6. The van der Waals surface area contributed by atoms with Gasteiger partial charge in [-0.1, -0.05) is 35.1 Å². The number of benzene rings is 1. The Balaban J connectivity index is 1.71. The summed E-state index contributed by atoms with van der Waals surface area (Å²) < 4.78 is 5.59. The van der Waals surface area contributed by atoms with Crippen molar-refractivity contribution in [2.24, 2.45) is 0 Å². The molecular formula is C15H11ClN2O3S. The van der Waals surface area contributed by atoms with Crippen molar-refractivity contribution in [3.8, 4) is 17.5 Å². The van der Waals surface area contributed by atoms with Crippen molar-refractivity contribution in [1.82, 2.24) is 9.97 Å². The number of H-pyrrole nitrogens is 1. The van der Waals surface area contributed by atoms with Crippen molar-refractivity contribution < 1.29 is 9.84 Å². The lowest BCUT2D eigenvalue weighted by Crippen LogP contribution is -1.89. The molecule has 0 atom stereocenters. The largest absolute Gasteiger partial charge is 0.494 e. The van der Waals surface area contributed by atoms with E-state index in [1.54, 1.807) is 24.3 Å². The molecule has 1 aromatic carbocycles. The summed E-state index contributed by atoms with van der Waals surface area (Å²) in [5.74, 6) is 1.03. The van der Waals surface area contributed by atoms with E-state index >= 15 is 0 Å². The number of aromatic hydroxyl groups is 1. The molecule has 7 heteroatoms. The van der Waals surface area contributed by atoms with Crippen LogP contribution in [-0.2, 0) is 6.42 Å². The molecule has 2 heterocycles. The van der Waals surface area contributed by atoms with Gasteiger partial charge >= 0.3 is 4.87 Å². The van der Waals surface area contributed by atoms with E-state index in [1.807, 2.05) is 12.1 Å². The molecule has 3 aromatic rings. The van der Waals surface area contributed by atoms with Gasteiger partial charge in [0.05, 0.1) is 9.90 Å². The van der Waals surface area contributed by atoms with Gasteiger partial charge in [-0.3, -0.25) is 9.78 Å². The third-order valence-corrected chi connectivity index (χ3v) is 4.01. The van der Waals surface area contributed by atoms with Gasteiger partial charge in [-0.25, -0.2) is 4.98 Å². The number of nitrogens with zero attached hydrogens (tertiary/aromatic N) is 1. The van der Waals surface area contributed by atoms with E-state index in [2.05, 4.69) is 9.97 Å². The second-order valence-corrected chi connectivity index (χ2v) is 6.03. The van der Waals surface area contributed by atoms with Gasteiger partial charge in [0.1, 0.15) is 5.75 Å². The summed E-state index contributed by atoms with van der Waals surface area (Å²) in [5.41, 5.74) is 0.960. The quantitative estimate of drug-likeness (QED) is 0.764. The molecule has 0 unspecified atom stereocenters. The molecule has 0 aliphatic rings. The highest BCUT2D eigenvalue weighted by molar-refractivity contribution is 7.09. The molecule has 0 aliphatic carbocycles. The van der Waals surface area contributed by atoms with Crippen LogP contribution in [0.2, 0.25) is 5.02 Å². The first kappa shape index (κ1) is 14.6. The molecule has 0 saturated carbocycles. The highest BCUT2D eigenvalue weighted by Gasteiger charge is 2.08. The smallest absolute Gasteiger partial charge is 0.307 e. The zero-order chi connectivity index (χ0) is 15.5. The van der Waals surface area contributed by atoms with E-state index < -0.39 is 0 Å². The highest BCUT2D eigenvalue weighted by atomic mass is 35.5. The molecule has 112 valence electrons. The van der Waals surface area contributed by atoms with E-state index in [4.69, 9.17) is 16.3 Å². The van der Waals surface area contributed by atoms with E-state index in [0.717, 1.165) is 16.9 Å². The van der Waals surface area contributed by atoms with Crippen LogP contribution >= 0.6 is 22.9 Å². The Morgan fingerprint density at radius 2 is 2.00 bits per heavy atom. The standard InChI is InChI=1S/C15H11ClN2O3S/c16-10-3-6-13(17-8-10)21-11-4-1-9(2-5-11)7-12-14(19)18-15(20)22-12/h1-6,8,19H,7H2,(H,18,20). The second-order valence-electron chi connectivity index (χ2n) is 4.52. The number of halogens is 1. The van der Waals surface area contributed by atoms with Crippen LogP contribution in [0.1, 0.15) is 10.4 Å². The average Bonchev–Trinajstić information content (AvgIpc) is 2.81. The molecule has 5 nitrogen and oxygen atoms in total. The lowest BCUT2D eigenvalue weighted by molar-refractivity contribution is 0.451. The molecule has 0 radical (unpaired) electrons. The van der Waals surface area contributed by atoms with Crippen molar-refractivity contribution in [3.63, 3.8) is 0 Å². The summed E-state index contributed by atoms with van der Waals surface area (Å²) in [5, 5.41) is 10.1. The minimum atomic E-state index is -0.263. The average molecular weight is 335 g/mol. The summed E-state index contributed by atoms with van der Waals surface area (Å²) in [6.07, 6.45) is 2.00. The number of pyridine rings is 1. The monoisotopic (exact) mass is 334 g/mol. The number of rotatable bonds is 4. The summed E-state index contributed by atoms with van der Waals surface area (Å²) >= 11 is 6.77. The zero-order valence-corrected chi connectivity index (χ0v) is 12.8. The summed E-state index contributed by atoms with van der Waals surface area (Å²) in [7, 11) is 0. The van der Waals surface area contributed by atoms with Gasteiger partial charge in [0.2, 0.25) is 11.8 Å². The molecule has 0 bridgehead atoms. The molecule has 3 rings (SSSR count). The maximum atomic E-state index is 11.1. The van der Waals surface area contributed by atoms with Crippen LogP contribution in [0, 0.1) is 0 Å². The van der Waals surface area contributed by atoms with E-state index in [0.29, 0.717) is 28.0 Å². The van der Waals surface area contributed by atoms with Crippen LogP contribution in [0.15, 0.2) is 47.4 Å². The predicted molar refractivity (Wildman–Crippen MR) is 85.2 cm³/mol. The fourth-order valence-electron chi connectivity index (χ4n) is 1.88. The Morgan fingerprint density at radius 1 is 1.23 bits per heavy atom. The Bertz CT molecular complexity index is 825. The van der Waals surface area contributed by atoms with Gasteiger partial charge in [-0.05, 0) is 23.8 Å². The molecular weight excluding hydrogens is 324 g/mol. The van der Waals surface area contributed by atoms with Gasteiger partial charge in [-0.2, -0.15) is 0 Å². The lowest BCUT2D eigenvalue weighted by atomic mass is 10.1. The van der Waals surface area contributed by atoms with Crippen LogP contribution in [0.4, 0.5) is 0 Å². The minimum Gasteiger partial charge on any atom is -0.494 e. The molecule has 0 aliphatic heterocycles. The molecule has 2 N–H and O–H groups in total. The Hall–Kier alpha value is -2.31. The first-order chi connectivity index (χ1) is 10.6. The van der Waals surface area contributed by atoms with E-state index in [-0.39, 0.29) is 10.8 Å². The number of hydrogen-bond donors (Lipinski definition) is 2. The molecule has 2 aromatic heterocycles. The second kappa shape index (κ2) is 6.21. The number of aromatic nitrogens is 2. The van der Waals surface area contributed by atoms with Gasteiger partial charge in [-0.15, -0.1) is 0 Å². The van der Waals surface area contributed by atoms with E-state index in [1.165, 1.54) is 6.20 Å². The van der Waals surface area contributed by atoms with Crippen LogP contribution in [0.5, 0.6) is 17.5 Å². The zero-order valence-electron chi connectivity index (χ0n) is 11.2. The number of ether oxygens (including phenoxy) is 1. The first-order valence-corrected chi connectivity index (χ1v) is 7.59. The van der Waals surface area contributed by atoms with Crippen molar-refractivity contribution in [2.75, 3.05) is 0 Å². The Kier molecular flexibility index (Phi) is 4.13. The topological polar surface area (TPSA) is 75.2 Å². The van der Waals surface area contributed by atoms with Gasteiger partial charge in [0, 0.05) is 18.7 Å². The number of aromatic amines is 1. The van der Waals surface area contributed by atoms with E-state index in [9.17, 15) is 9.90 Å². The van der Waals surface area contributed by atoms with Crippen LogP contribution in [0.3, 0.4) is 0 Å². The molecule has 22 heavy (non-hydrogen) atoms. The van der Waals surface area contributed by atoms with Crippen molar-refractivity contribution >= 4 is 22.9 Å². The minimum absolute atomic E-state index is 0.0688. The van der Waals surface area contributed by atoms with Crippen LogP contribution in [-0.4, -0.2) is 15.1 Å².